The minimum atomic E-state index is -3.76. The molecule has 0 saturated carbocycles. The Bertz CT molecular complexity index is 910. The molecule has 0 N–H and O–H groups in total. The van der Waals surface area contributed by atoms with Crippen molar-refractivity contribution in [2.75, 3.05) is 13.7 Å². The van der Waals surface area contributed by atoms with Gasteiger partial charge in [0.2, 0.25) is 9.84 Å². The zero-order valence-corrected chi connectivity index (χ0v) is 15.5. The highest BCUT2D eigenvalue weighted by molar-refractivity contribution is 7.95. The second-order valence-electron chi connectivity index (χ2n) is 6.30. The lowest BCUT2D eigenvalue weighted by atomic mass is 10.1. The smallest absolute Gasteiger partial charge is 0.205 e. The first-order valence-corrected chi connectivity index (χ1v) is 10.1. The molecule has 1 unspecified atom stereocenters. The standard InChI is InChI=1S/C20H20O6S/c1-23-18-12-17(27(21,22)15-10-6-3-7-11-15)19-16(25-18)13-24-20(26-19)14-8-4-2-5-9-14/h2-12,16,18-20H,13H2,1H3/t16-,18-,19-,20?/m1/s1. The highest BCUT2D eigenvalue weighted by Crippen LogP contribution is 2.37. The fourth-order valence-electron chi connectivity index (χ4n) is 3.22. The first kappa shape index (κ1) is 18.3. The first-order chi connectivity index (χ1) is 13.1. The van der Waals surface area contributed by atoms with Gasteiger partial charge in [0.15, 0.2) is 12.6 Å². The maximum atomic E-state index is 13.2. The van der Waals surface area contributed by atoms with Crippen molar-refractivity contribution in [3.05, 3.63) is 77.2 Å². The Morgan fingerprint density at radius 3 is 2.30 bits per heavy atom. The Labute approximate surface area is 158 Å². The van der Waals surface area contributed by atoms with Crippen LogP contribution in [0.4, 0.5) is 0 Å². The molecule has 142 valence electrons. The summed E-state index contributed by atoms with van der Waals surface area (Å²) in [6.45, 7) is 0.200. The molecule has 2 aliphatic rings. The van der Waals surface area contributed by atoms with E-state index < -0.39 is 34.6 Å². The third kappa shape index (κ3) is 3.56. The summed E-state index contributed by atoms with van der Waals surface area (Å²) in [5.41, 5.74) is 0.821. The van der Waals surface area contributed by atoms with Gasteiger partial charge < -0.3 is 18.9 Å². The van der Waals surface area contributed by atoms with Gasteiger partial charge in [0, 0.05) is 12.7 Å². The van der Waals surface area contributed by atoms with Crippen molar-refractivity contribution < 1.29 is 27.4 Å². The molecule has 2 aliphatic heterocycles. The molecule has 0 aliphatic carbocycles. The highest BCUT2D eigenvalue weighted by atomic mass is 32.2. The molecule has 4 rings (SSSR count). The molecule has 4 atom stereocenters. The summed E-state index contributed by atoms with van der Waals surface area (Å²) in [6, 6.07) is 17.7. The molecule has 0 spiro atoms. The van der Waals surface area contributed by atoms with Crippen molar-refractivity contribution in [2.24, 2.45) is 0 Å². The number of hydrogen-bond donors (Lipinski definition) is 0. The molecule has 7 heteroatoms. The van der Waals surface area contributed by atoms with Crippen molar-refractivity contribution in [1.29, 1.82) is 0 Å². The predicted molar refractivity (Wildman–Crippen MR) is 97.4 cm³/mol. The van der Waals surface area contributed by atoms with Crippen LogP contribution < -0.4 is 0 Å². The van der Waals surface area contributed by atoms with Gasteiger partial charge in [-0.15, -0.1) is 0 Å². The maximum absolute atomic E-state index is 13.2. The van der Waals surface area contributed by atoms with Crippen LogP contribution in [0.15, 0.2) is 76.5 Å². The van der Waals surface area contributed by atoms with E-state index >= 15 is 0 Å². The summed E-state index contributed by atoms with van der Waals surface area (Å²) in [5.74, 6) is 0. The quantitative estimate of drug-likeness (QED) is 0.802. The third-order valence-corrected chi connectivity index (χ3v) is 6.46. The van der Waals surface area contributed by atoms with Crippen molar-refractivity contribution in [3.8, 4) is 0 Å². The fraction of sp³-hybridized carbons (Fsp3) is 0.300. The van der Waals surface area contributed by atoms with E-state index in [0.717, 1.165) is 5.56 Å². The Morgan fingerprint density at radius 1 is 0.963 bits per heavy atom. The zero-order chi connectivity index (χ0) is 18.9. The molecule has 1 fully saturated rings. The van der Waals surface area contributed by atoms with Crippen LogP contribution in [0.1, 0.15) is 11.9 Å². The lowest BCUT2D eigenvalue weighted by Crippen LogP contribution is -2.49. The minimum absolute atomic E-state index is 0.140. The molecular weight excluding hydrogens is 368 g/mol. The SMILES string of the molecule is CO[C@H]1C=C(S(=O)(=O)c2ccccc2)[C@@H]2OC(c3ccccc3)OC[C@H]2O1. The van der Waals surface area contributed by atoms with Gasteiger partial charge in [0.25, 0.3) is 0 Å². The molecule has 0 aromatic heterocycles. The number of fused-ring (bicyclic) bond motifs is 1. The zero-order valence-electron chi connectivity index (χ0n) is 14.7. The van der Waals surface area contributed by atoms with Gasteiger partial charge in [-0.1, -0.05) is 48.5 Å². The van der Waals surface area contributed by atoms with Gasteiger partial charge >= 0.3 is 0 Å². The monoisotopic (exact) mass is 388 g/mol. The number of methoxy groups -OCH3 is 1. The van der Waals surface area contributed by atoms with E-state index in [4.69, 9.17) is 18.9 Å². The lowest BCUT2D eigenvalue weighted by Gasteiger charge is -2.41. The topological polar surface area (TPSA) is 71.1 Å². The summed E-state index contributed by atoms with van der Waals surface area (Å²) < 4.78 is 49.3. The van der Waals surface area contributed by atoms with Crippen LogP contribution in [0.25, 0.3) is 0 Å². The molecule has 1 saturated heterocycles. The number of ether oxygens (including phenoxy) is 4. The second-order valence-corrected chi connectivity index (χ2v) is 8.25. The summed E-state index contributed by atoms with van der Waals surface area (Å²) in [4.78, 5) is 0.346. The minimum Gasteiger partial charge on any atom is -0.352 e. The van der Waals surface area contributed by atoms with Gasteiger partial charge in [0.1, 0.15) is 12.2 Å². The Balaban J connectivity index is 1.71. The van der Waals surface area contributed by atoms with Crippen molar-refractivity contribution >= 4 is 9.84 Å². The molecule has 0 amide bonds. The Kier molecular flexibility index (Phi) is 5.12. The highest BCUT2D eigenvalue weighted by Gasteiger charge is 2.45. The van der Waals surface area contributed by atoms with Crippen LogP contribution in [0, 0.1) is 0 Å². The van der Waals surface area contributed by atoms with E-state index in [9.17, 15) is 8.42 Å². The molecule has 2 aromatic carbocycles. The fourth-order valence-corrected chi connectivity index (χ4v) is 4.81. The summed E-state index contributed by atoms with van der Waals surface area (Å²) in [7, 11) is -2.30. The van der Waals surface area contributed by atoms with E-state index in [1.807, 2.05) is 30.3 Å². The third-order valence-electron chi connectivity index (χ3n) is 4.58. The summed E-state index contributed by atoms with van der Waals surface area (Å²) in [6.07, 6.45) is -1.32. The van der Waals surface area contributed by atoms with Crippen LogP contribution in [0.2, 0.25) is 0 Å². The average Bonchev–Trinajstić information content (AvgIpc) is 2.73. The number of benzene rings is 2. The largest absolute Gasteiger partial charge is 0.352 e. The van der Waals surface area contributed by atoms with Crippen molar-refractivity contribution in [2.45, 2.75) is 29.7 Å². The second kappa shape index (κ2) is 7.53. The number of rotatable bonds is 4. The first-order valence-electron chi connectivity index (χ1n) is 8.62. The lowest BCUT2D eigenvalue weighted by molar-refractivity contribution is -0.282. The van der Waals surface area contributed by atoms with Gasteiger partial charge in [-0.05, 0) is 18.2 Å². The van der Waals surface area contributed by atoms with E-state index in [2.05, 4.69) is 0 Å². The van der Waals surface area contributed by atoms with Gasteiger partial charge in [-0.25, -0.2) is 8.42 Å². The van der Waals surface area contributed by atoms with Gasteiger partial charge in [-0.3, -0.25) is 0 Å². The van der Waals surface area contributed by atoms with Crippen LogP contribution in [-0.4, -0.2) is 40.6 Å². The number of hydrogen-bond acceptors (Lipinski definition) is 6. The molecule has 2 aromatic rings. The van der Waals surface area contributed by atoms with Gasteiger partial charge in [-0.2, -0.15) is 0 Å². The number of sulfone groups is 1. The summed E-state index contributed by atoms with van der Waals surface area (Å²) in [5, 5.41) is 0. The average molecular weight is 388 g/mol. The Hall–Kier alpha value is -2.03. The Morgan fingerprint density at radius 2 is 1.63 bits per heavy atom. The van der Waals surface area contributed by atoms with Crippen LogP contribution >= 0.6 is 0 Å². The molecule has 0 bridgehead atoms. The maximum Gasteiger partial charge on any atom is 0.205 e. The summed E-state index contributed by atoms with van der Waals surface area (Å²) >= 11 is 0. The van der Waals surface area contributed by atoms with Crippen molar-refractivity contribution in [3.63, 3.8) is 0 Å². The molecule has 2 heterocycles. The van der Waals surface area contributed by atoms with E-state index in [1.54, 1.807) is 30.3 Å². The molecule has 6 nitrogen and oxygen atoms in total. The molecule has 27 heavy (non-hydrogen) atoms. The normalized spacial score (nSPS) is 28.3. The molecular formula is C20H20O6S. The van der Waals surface area contributed by atoms with Crippen LogP contribution in [0.3, 0.4) is 0 Å². The van der Waals surface area contributed by atoms with E-state index in [1.165, 1.54) is 13.2 Å². The van der Waals surface area contributed by atoms with Crippen LogP contribution in [-0.2, 0) is 28.8 Å². The van der Waals surface area contributed by atoms with E-state index in [0.29, 0.717) is 0 Å². The predicted octanol–water partition coefficient (Wildman–Crippen LogP) is 2.83. The van der Waals surface area contributed by atoms with Crippen molar-refractivity contribution in [1.82, 2.24) is 0 Å². The van der Waals surface area contributed by atoms with E-state index in [-0.39, 0.29) is 16.4 Å². The van der Waals surface area contributed by atoms with Gasteiger partial charge in [0.05, 0.1) is 16.4 Å². The molecule has 0 radical (unpaired) electrons. The van der Waals surface area contributed by atoms with Crippen LogP contribution in [0.5, 0.6) is 0 Å².